The van der Waals surface area contributed by atoms with Gasteiger partial charge in [0.25, 0.3) is 5.56 Å². The van der Waals surface area contributed by atoms with Crippen molar-refractivity contribution in [3.63, 3.8) is 0 Å². The zero-order valence-electron chi connectivity index (χ0n) is 14.8. The summed E-state index contributed by atoms with van der Waals surface area (Å²) < 4.78 is 8.69. The van der Waals surface area contributed by atoms with Crippen molar-refractivity contribution in [2.24, 2.45) is 0 Å². The summed E-state index contributed by atoms with van der Waals surface area (Å²) in [6, 6.07) is 3.62. The Kier molecular flexibility index (Phi) is 3.99. The van der Waals surface area contributed by atoms with Gasteiger partial charge in [0.2, 0.25) is 5.91 Å². The average molecular weight is 355 g/mol. The highest BCUT2D eigenvalue weighted by atomic mass is 16.5. The summed E-state index contributed by atoms with van der Waals surface area (Å²) in [5.41, 5.74) is 0.855. The summed E-state index contributed by atoms with van der Waals surface area (Å²) in [5, 5.41) is 7.63. The topological polar surface area (TPSA) is 90.5 Å². The fourth-order valence-corrected chi connectivity index (χ4v) is 3.51. The van der Waals surface area contributed by atoms with Gasteiger partial charge in [0.05, 0.1) is 22.7 Å². The van der Waals surface area contributed by atoms with E-state index in [2.05, 4.69) is 15.4 Å². The number of carbonyl (C=O) groups excluding carboxylic acids is 1. The fourth-order valence-electron chi connectivity index (χ4n) is 3.51. The van der Waals surface area contributed by atoms with E-state index in [0.717, 1.165) is 12.8 Å². The minimum absolute atomic E-state index is 0.0241. The molecule has 1 aliphatic heterocycles. The fraction of sp³-hybridized carbons (Fsp3) is 0.444. The molecule has 4 rings (SSSR count). The molecule has 26 heavy (non-hydrogen) atoms. The molecule has 1 aliphatic rings. The van der Waals surface area contributed by atoms with Crippen LogP contribution < -0.4 is 10.9 Å². The van der Waals surface area contributed by atoms with Crippen LogP contribution >= 0.6 is 0 Å². The first-order chi connectivity index (χ1) is 12.4. The van der Waals surface area contributed by atoms with E-state index >= 15 is 0 Å². The molecule has 1 atom stereocenters. The summed E-state index contributed by atoms with van der Waals surface area (Å²) in [7, 11) is 0. The molecule has 0 radical (unpaired) electrons. The molecule has 0 spiro atoms. The van der Waals surface area contributed by atoms with Gasteiger partial charge < -0.3 is 14.6 Å². The van der Waals surface area contributed by atoms with Crippen molar-refractivity contribution in [2.45, 2.75) is 44.9 Å². The third kappa shape index (κ3) is 3.08. The largest absolute Gasteiger partial charge is 0.375 e. The number of nitrogens with one attached hydrogen (secondary N) is 1. The number of carbonyl (C=O) groups is 1. The average Bonchev–Trinajstić information content (AvgIpc) is 3.05. The van der Waals surface area contributed by atoms with Gasteiger partial charge in [-0.05, 0) is 32.8 Å². The van der Waals surface area contributed by atoms with E-state index in [1.165, 1.54) is 10.8 Å². The van der Waals surface area contributed by atoms with Gasteiger partial charge in [-0.15, -0.1) is 0 Å². The van der Waals surface area contributed by atoms with Gasteiger partial charge in [-0.2, -0.15) is 5.10 Å². The van der Waals surface area contributed by atoms with Gasteiger partial charge in [-0.3, -0.25) is 9.59 Å². The van der Waals surface area contributed by atoms with Crippen LogP contribution in [0.5, 0.6) is 0 Å². The highest BCUT2D eigenvalue weighted by Gasteiger charge is 2.29. The second kappa shape index (κ2) is 6.21. The molecule has 1 saturated heterocycles. The molecule has 0 unspecified atom stereocenters. The Balaban J connectivity index is 1.55. The summed E-state index contributed by atoms with van der Waals surface area (Å²) in [6.07, 6.45) is 6.33. The Bertz CT molecular complexity index is 1040. The van der Waals surface area contributed by atoms with Crippen LogP contribution in [0.4, 0.5) is 0 Å². The Morgan fingerprint density at radius 1 is 1.42 bits per heavy atom. The van der Waals surface area contributed by atoms with E-state index in [1.54, 1.807) is 29.0 Å². The lowest BCUT2D eigenvalue weighted by molar-refractivity contribution is -0.124. The summed E-state index contributed by atoms with van der Waals surface area (Å²) in [4.78, 5) is 29.3. The van der Waals surface area contributed by atoms with Gasteiger partial charge in [0.15, 0.2) is 5.65 Å². The van der Waals surface area contributed by atoms with Crippen molar-refractivity contribution in [2.75, 3.05) is 6.61 Å². The van der Waals surface area contributed by atoms with E-state index in [1.807, 2.05) is 13.8 Å². The predicted molar refractivity (Wildman–Crippen MR) is 95.9 cm³/mol. The monoisotopic (exact) mass is 355 g/mol. The first-order valence-corrected chi connectivity index (χ1v) is 8.68. The molecule has 1 fully saturated rings. The summed E-state index contributed by atoms with van der Waals surface area (Å²) in [5.74, 6) is -0.178. The minimum atomic E-state index is -0.255. The Morgan fingerprint density at radius 2 is 2.27 bits per heavy atom. The first kappa shape index (κ1) is 16.7. The molecule has 1 amide bonds. The van der Waals surface area contributed by atoms with E-state index in [4.69, 9.17) is 4.74 Å². The second-order valence-corrected chi connectivity index (χ2v) is 7.27. The molecular formula is C18H21N5O3. The standard InChI is InChI=1S/C18H21N5O3/c1-18(2)9-12(5-8-26-18)21-16(24)11-22-7-4-14-13(17(22)25)10-19-15-3-6-20-23(14)15/h3-4,6-7,10,12H,5,8-9,11H2,1-2H3,(H,21,24)/t12-/m0/s1. The molecule has 4 heterocycles. The second-order valence-electron chi connectivity index (χ2n) is 7.27. The Labute approximate surface area is 149 Å². The number of hydrogen-bond acceptors (Lipinski definition) is 5. The number of rotatable bonds is 3. The normalized spacial score (nSPS) is 19.7. The van der Waals surface area contributed by atoms with Gasteiger partial charge in [0, 0.05) is 31.1 Å². The van der Waals surface area contributed by atoms with Crippen LogP contribution in [-0.4, -0.2) is 43.3 Å². The molecule has 0 saturated carbocycles. The Hall–Kier alpha value is -2.74. The molecule has 136 valence electrons. The number of fused-ring (bicyclic) bond motifs is 3. The quantitative estimate of drug-likeness (QED) is 0.760. The third-order valence-electron chi connectivity index (χ3n) is 4.73. The summed E-state index contributed by atoms with van der Waals surface area (Å²) >= 11 is 0. The Morgan fingerprint density at radius 3 is 3.08 bits per heavy atom. The molecule has 0 bridgehead atoms. The predicted octanol–water partition coefficient (Wildman–Crippen LogP) is 1.12. The van der Waals surface area contributed by atoms with E-state index in [-0.39, 0.29) is 29.7 Å². The lowest BCUT2D eigenvalue weighted by Crippen LogP contribution is -2.47. The number of hydrogen-bond donors (Lipinski definition) is 1. The first-order valence-electron chi connectivity index (χ1n) is 8.68. The number of aromatic nitrogens is 4. The van der Waals surface area contributed by atoms with Crippen LogP contribution in [0.15, 0.2) is 35.5 Å². The van der Waals surface area contributed by atoms with E-state index in [9.17, 15) is 9.59 Å². The maximum Gasteiger partial charge on any atom is 0.262 e. The van der Waals surface area contributed by atoms with Crippen LogP contribution in [0.25, 0.3) is 16.6 Å². The van der Waals surface area contributed by atoms with E-state index in [0.29, 0.717) is 23.2 Å². The van der Waals surface area contributed by atoms with Gasteiger partial charge >= 0.3 is 0 Å². The van der Waals surface area contributed by atoms with Crippen molar-refractivity contribution < 1.29 is 9.53 Å². The van der Waals surface area contributed by atoms with Crippen LogP contribution in [0, 0.1) is 0 Å². The SMILES string of the molecule is CC1(C)C[C@@H](NC(=O)Cn2ccc3c(cnc4ccnn43)c2=O)CCO1. The van der Waals surface area contributed by atoms with Gasteiger partial charge in [0.1, 0.15) is 6.54 Å². The van der Waals surface area contributed by atoms with Gasteiger partial charge in [-0.25, -0.2) is 9.50 Å². The molecule has 3 aromatic rings. The van der Waals surface area contributed by atoms with Crippen molar-refractivity contribution in [1.29, 1.82) is 0 Å². The number of nitrogens with zero attached hydrogens (tertiary/aromatic N) is 4. The van der Waals surface area contributed by atoms with Crippen LogP contribution in [0.2, 0.25) is 0 Å². The zero-order chi connectivity index (χ0) is 18.3. The van der Waals surface area contributed by atoms with Crippen LogP contribution in [0.3, 0.4) is 0 Å². The van der Waals surface area contributed by atoms with E-state index < -0.39 is 0 Å². The smallest absolute Gasteiger partial charge is 0.262 e. The molecule has 8 heteroatoms. The maximum atomic E-state index is 12.7. The number of ether oxygens (including phenoxy) is 1. The lowest BCUT2D eigenvalue weighted by Gasteiger charge is -2.35. The highest BCUT2D eigenvalue weighted by Crippen LogP contribution is 2.23. The third-order valence-corrected chi connectivity index (χ3v) is 4.73. The minimum Gasteiger partial charge on any atom is -0.375 e. The molecule has 0 aromatic carbocycles. The highest BCUT2D eigenvalue weighted by molar-refractivity contribution is 5.80. The number of amides is 1. The van der Waals surface area contributed by atoms with Crippen LogP contribution in [0.1, 0.15) is 26.7 Å². The molecule has 1 N–H and O–H groups in total. The summed E-state index contributed by atoms with van der Waals surface area (Å²) in [6.45, 7) is 4.63. The van der Waals surface area contributed by atoms with Crippen LogP contribution in [-0.2, 0) is 16.1 Å². The lowest BCUT2D eigenvalue weighted by atomic mass is 9.94. The molecule has 0 aliphatic carbocycles. The van der Waals surface area contributed by atoms with Gasteiger partial charge in [-0.1, -0.05) is 0 Å². The van der Waals surface area contributed by atoms with Crippen molar-refractivity contribution >= 4 is 22.5 Å². The molecule has 8 nitrogen and oxygen atoms in total. The molecular weight excluding hydrogens is 334 g/mol. The molecule has 3 aromatic heterocycles. The zero-order valence-corrected chi connectivity index (χ0v) is 14.8. The van der Waals surface area contributed by atoms with Crippen molar-refractivity contribution in [1.82, 2.24) is 24.5 Å². The number of pyridine rings is 1. The van der Waals surface area contributed by atoms with Crippen molar-refractivity contribution in [3.05, 3.63) is 41.1 Å². The maximum absolute atomic E-state index is 12.7. The van der Waals surface area contributed by atoms with Crippen molar-refractivity contribution in [3.8, 4) is 0 Å².